The number of benzene rings is 2. The van der Waals surface area contributed by atoms with Crippen LogP contribution in [0.25, 0.3) is 0 Å². The van der Waals surface area contributed by atoms with Gasteiger partial charge in [0.05, 0.1) is 0 Å². The summed E-state index contributed by atoms with van der Waals surface area (Å²) in [7, 11) is -2.36. The van der Waals surface area contributed by atoms with Gasteiger partial charge in [0.15, 0.2) is 0 Å². The van der Waals surface area contributed by atoms with Gasteiger partial charge in [0, 0.05) is 12.5 Å². The molecule has 3 heteroatoms. The third-order valence-corrected chi connectivity index (χ3v) is 10.7. The number of alkyl halides is 1. The van der Waals surface area contributed by atoms with E-state index in [1.807, 2.05) is 6.08 Å². The number of hydrogen-bond acceptors (Lipinski definition) is 1. The molecular formula is C26H37ClOSi. The van der Waals surface area contributed by atoms with Crippen LogP contribution in [0.2, 0.25) is 5.04 Å². The van der Waals surface area contributed by atoms with Crippen LogP contribution in [-0.4, -0.2) is 20.8 Å². The third-order valence-electron chi connectivity index (χ3n) is 5.51. The van der Waals surface area contributed by atoms with Gasteiger partial charge in [-0.15, -0.1) is 11.6 Å². The molecule has 0 aliphatic carbocycles. The Bertz CT molecular complexity index is 667. The molecule has 0 amide bonds. The first kappa shape index (κ1) is 23.9. The minimum absolute atomic E-state index is 0.0600. The Balaban J connectivity index is 2.03. The van der Waals surface area contributed by atoms with Crippen LogP contribution in [0.4, 0.5) is 0 Å². The molecule has 29 heavy (non-hydrogen) atoms. The Morgan fingerprint density at radius 1 is 0.759 bits per heavy atom. The van der Waals surface area contributed by atoms with Gasteiger partial charge < -0.3 is 4.43 Å². The van der Waals surface area contributed by atoms with E-state index in [1.54, 1.807) is 0 Å². The predicted octanol–water partition coefficient (Wildman–Crippen LogP) is 6.70. The van der Waals surface area contributed by atoms with Crippen LogP contribution in [0, 0.1) is 0 Å². The second-order valence-electron chi connectivity index (χ2n) is 8.69. The molecule has 0 bridgehead atoms. The number of hydrogen-bond donors (Lipinski definition) is 0. The summed E-state index contributed by atoms with van der Waals surface area (Å²) in [5.41, 5.74) is 0. The highest BCUT2D eigenvalue weighted by molar-refractivity contribution is 6.99. The van der Waals surface area contributed by atoms with Crippen molar-refractivity contribution >= 4 is 30.3 Å². The molecule has 0 N–H and O–H groups in total. The van der Waals surface area contributed by atoms with Crippen LogP contribution >= 0.6 is 11.6 Å². The molecule has 2 aromatic rings. The summed E-state index contributed by atoms with van der Waals surface area (Å²) in [4.78, 5) is 0. The van der Waals surface area contributed by atoms with Crippen molar-refractivity contribution in [3.05, 3.63) is 72.8 Å². The number of rotatable bonds is 12. The zero-order valence-electron chi connectivity index (χ0n) is 18.4. The Hall–Kier alpha value is -1.35. The first-order valence-electron chi connectivity index (χ1n) is 11.0. The molecule has 0 saturated carbocycles. The van der Waals surface area contributed by atoms with Gasteiger partial charge in [-0.05, 0) is 34.7 Å². The van der Waals surface area contributed by atoms with Crippen molar-refractivity contribution < 1.29 is 4.43 Å². The minimum atomic E-state index is -2.36. The third kappa shape index (κ3) is 6.84. The van der Waals surface area contributed by atoms with Crippen molar-refractivity contribution in [2.24, 2.45) is 0 Å². The number of halogens is 1. The molecule has 0 radical (unpaired) electrons. The van der Waals surface area contributed by atoms with E-state index in [4.69, 9.17) is 16.0 Å². The van der Waals surface area contributed by atoms with Crippen LogP contribution in [0.3, 0.4) is 0 Å². The van der Waals surface area contributed by atoms with Crippen molar-refractivity contribution in [3.63, 3.8) is 0 Å². The SMILES string of the molecule is CC(C)(C)[Si](OCCCCCCC/C=C/CCl)(c1ccccc1)c1ccccc1. The van der Waals surface area contributed by atoms with E-state index >= 15 is 0 Å². The molecule has 0 aliphatic rings. The second kappa shape index (κ2) is 12.4. The fourth-order valence-corrected chi connectivity index (χ4v) is 8.79. The summed E-state index contributed by atoms with van der Waals surface area (Å²) in [6.45, 7) is 7.86. The average molecular weight is 429 g/mol. The summed E-state index contributed by atoms with van der Waals surface area (Å²) in [6.07, 6.45) is 11.6. The largest absolute Gasteiger partial charge is 0.407 e. The zero-order chi connectivity index (χ0) is 21.0. The van der Waals surface area contributed by atoms with Crippen LogP contribution in [0.5, 0.6) is 0 Å². The van der Waals surface area contributed by atoms with E-state index < -0.39 is 8.32 Å². The summed E-state index contributed by atoms with van der Waals surface area (Å²) in [6, 6.07) is 21.8. The fourth-order valence-electron chi connectivity index (χ4n) is 4.06. The van der Waals surface area contributed by atoms with Crippen LogP contribution < -0.4 is 10.4 Å². The molecule has 0 aliphatic heterocycles. The molecule has 0 aromatic heterocycles. The maximum Gasteiger partial charge on any atom is 0.261 e. The molecule has 1 nitrogen and oxygen atoms in total. The molecule has 0 heterocycles. The van der Waals surface area contributed by atoms with E-state index in [9.17, 15) is 0 Å². The zero-order valence-corrected chi connectivity index (χ0v) is 20.1. The normalized spacial score (nSPS) is 12.6. The molecule has 2 rings (SSSR count). The highest BCUT2D eigenvalue weighted by atomic mass is 35.5. The number of unbranched alkanes of at least 4 members (excludes halogenated alkanes) is 5. The second-order valence-corrected chi connectivity index (χ2v) is 13.3. The Morgan fingerprint density at radius 3 is 1.79 bits per heavy atom. The van der Waals surface area contributed by atoms with Crippen molar-refractivity contribution in [2.75, 3.05) is 12.5 Å². The Morgan fingerprint density at radius 2 is 1.28 bits per heavy atom. The molecule has 158 valence electrons. The first-order chi connectivity index (χ1) is 14.0. The summed E-state index contributed by atoms with van der Waals surface area (Å²) >= 11 is 5.66. The lowest BCUT2D eigenvalue weighted by atomic mass is 10.1. The maximum absolute atomic E-state index is 6.94. The highest BCUT2D eigenvalue weighted by Crippen LogP contribution is 2.36. The van der Waals surface area contributed by atoms with E-state index in [2.05, 4.69) is 87.5 Å². The minimum Gasteiger partial charge on any atom is -0.407 e. The maximum atomic E-state index is 6.94. The summed E-state index contributed by atoms with van der Waals surface area (Å²) < 4.78 is 6.94. The van der Waals surface area contributed by atoms with Crippen molar-refractivity contribution in [1.29, 1.82) is 0 Å². The quantitative estimate of drug-likeness (QED) is 0.158. The average Bonchev–Trinajstić information content (AvgIpc) is 2.72. The first-order valence-corrected chi connectivity index (χ1v) is 13.4. The summed E-state index contributed by atoms with van der Waals surface area (Å²) in [5.74, 6) is 0.625. The van der Waals surface area contributed by atoms with Crippen molar-refractivity contribution in [1.82, 2.24) is 0 Å². The van der Waals surface area contributed by atoms with E-state index in [-0.39, 0.29) is 5.04 Å². The topological polar surface area (TPSA) is 9.23 Å². The monoisotopic (exact) mass is 428 g/mol. The lowest BCUT2D eigenvalue weighted by Gasteiger charge is -2.43. The van der Waals surface area contributed by atoms with Gasteiger partial charge in [-0.3, -0.25) is 0 Å². The van der Waals surface area contributed by atoms with E-state index in [0.717, 1.165) is 19.4 Å². The molecule has 0 saturated heterocycles. The molecule has 0 fully saturated rings. The van der Waals surface area contributed by atoms with Gasteiger partial charge >= 0.3 is 0 Å². The lowest BCUT2D eigenvalue weighted by Crippen LogP contribution is -2.66. The van der Waals surface area contributed by atoms with Crippen LogP contribution in [0.15, 0.2) is 72.8 Å². The van der Waals surface area contributed by atoms with Gasteiger partial charge in [-0.2, -0.15) is 0 Å². The summed E-state index contributed by atoms with van der Waals surface area (Å²) in [5, 5.41) is 2.79. The fraction of sp³-hybridized carbons (Fsp3) is 0.462. The van der Waals surface area contributed by atoms with Crippen molar-refractivity contribution in [3.8, 4) is 0 Å². The Labute approximate surface area is 184 Å². The van der Waals surface area contributed by atoms with Crippen molar-refractivity contribution in [2.45, 2.75) is 64.3 Å². The van der Waals surface area contributed by atoms with Gasteiger partial charge in [-0.1, -0.05) is 113 Å². The van der Waals surface area contributed by atoms with Gasteiger partial charge in [-0.25, -0.2) is 0 Å². The van der Waals surface area contributed by atoms with Crippen LogP contribution in [0.1, 0.15) is 59.3 Å². The standard InChI is InChI=1S/C26H37ClOSi/c1-26(2,3)29(24-18-12-10-13-19-24,25-20-14-11-15-21-25)28-23-17-9-7-5-4-6-8-16-22-27/h8,10-16,18-21H,4-7,9,17,22-23H2,1-3H3/b16-8+. The lowest BCUT2D eigenvalue weighted by molar-refractivity contribution is 0.286. The molecule has 0 unspecified atom stereocenters. The van der Waals surface area contributed by atoms with E-state index in [0.29, 0.717) is 5.88 Å². The van der Waals surface area contributed by atoms with Gasteiger partial charge in [0.25, 0.3) is 8.32 Å². The molecular weight excluding hydrogens is 392 g/mol. The van der Waals surface area contributed by atoms with Crippen LogP contribution in [-0.2, 0) is 4.43 Å². The molecule has 0 spiro atoms. The molecule has 2 aromatic carbocycles. The predicted molar refractivity (Wildman–Crippen MR) is 131 cm³/mol. The molecule has 0 atom stereocenters. The van der Waals surface area contributed by atoms with Gasteiger partial charge in [0.1, 0.15) is 0 Å². The highest BCUT2D eigenvalue weighted by Gasteiger charge is 2.49. The Kier molecular flexibility index (Phi) is 10.2. The van der Waals surface area contributed by atoms with Gasteiger partial charge in [0.2, 0.25) is 0 Å². The van der Waals surface area contributed by atoms with E-state index in [1.165, 1.54) is 36.1 Å². The smallest absolute Gasteiger partial charge is 0.261 e. The number of allylic oxidation sites excluding steroid dienone is 2.